The molecule has 0 heterocycles. The molecule has 1 unspecified atom stereocenters. The van der Waals surface area contributed by atoms with Gasteiger partial charge in [0.05, 0.1) is 4.99 Å². The lowest BCUT2D eigenvalue weighted by Crippen LogP contribution is -2.35. The van der Waals surface area contributed by atoms with E-state index in [1.165, 1.54) is 0 Å². The summed E-state index contributed by atoms with van der Waals surface area (Å²) in [4.78, 5) is 11.8. The van der Waals surface area contributed by atoms with Crippen molar-refractivity contribution < 1.29 is 18.0 Å². The first-order valence-electron chi connectivity index (χ1n) is 5.05. The van der Waals surface area contributed by atoms with Gasteiger partial charge in [0.1, 0.15) is 0 Å². The van der Waals surface area contributed by atoms with E-state index in [1.807, 2.05) is 0 Å². The molecule has 0 aliphatic rings. The van der Waals surface area contributed by atoms with Gasteiger partial charge in [-0.15, -0.1) is 0 Å². The van der Waals surface area contributed by atoms with Crippen molar-refractivity contribution in [3.63, 3.8) is 0 Å². The first-order chi connectivity index (χ1) is 8.31. The zero-order chi connectivity index (χ0) is 13.9. The van der Waals surface area contributed by atoms with Crippen LogP contribution in [0.3, 0.4) is 0 Å². The fraction of sp³-hybridized carbons (Fsp3) is 0.273. The van der Waals surface area contributed by atoms with Crippen molar-refractivity contribution in [3.8, 4) is 0 Å². The molecule has 0 fully saturated rings. The molecule has 1 amide bonds. The summed E-state index contributed by atoms with van der Waals surface area (Å²) in [6, 6.07) is 0.869. The van der Waals surface area contributed by atoms with E-state index in [-0.39, 0.29) is 23.0 Å². The highest BCUT2D eigenvalue weighted by Gasteiger charge is 2.16. The molecule has 1 aromatic rings. The molecule has 1 rings (SSSR count). The second-order valence-corrected chi connectivity index (χ2v) is 4.32. The van der Waals surface area contributed by atoms with Crippen molar-refractivity contribution >= 4 is 23.1 Å². The summed E-state index contributed by atoms with van der Waals surface area (Å²) < 4.78 is 38.5. The summed E-state index contributed by atoms with van der Waals surface area (Å²) >= 11 is 4.66. The molecule has 7 heteroatoms. The Morgan fingerprint density at radius 1 is 1.39 bits per heavy atom. The molecule has 98 valence electrons. The Balaban J connectivity index is 2.82. The maximum Gasteiger partial charge on any atom is 0.251 e. The summed E-state index contributed by atoms with van der Waals surface area (Å²) in [6.45, 7) is 1.63. The van der Waals surface area contributed by atoms with Crippen LogP contribution < -0.4 is 11.1 Å². The van der Waals surface area contributed by atoms with Gasteiger partial charge in [0.25, 0.3) is 5.91 Å². The van der Waals surface area contributed by atoms with Crippen LogP contribution in [0.2, 0.25) is 0 Å². The number of carbonyl (C=O) groups excluding carboxylic acids is 1. The normalized spacial score (nSPS) is 12.0. The van der Waals surface area contributed by atoms with E-state index in [0.717, 1.165) is 0 Å². The monoisotopic (exact) mass is 276 g/mol. The SMILES string of the molecule is CC(CC(N)=S)NC(=O)c1cc(F)c(F)c(F)c1. The molecule has 18 heavy (non-hydrogen) atoms. The van der Waals surface area contributed by atoms with Crippen molar-refractivity contribution in [2.45, 2.75) is 19.4 Å². The third-order valence-electron chi connectivity index (χ3n) is 2.13. The molecule has 1 atom stereocenters. The summed E-state index contributed by atoms with van der Waals surface area (Å²) in [5, 5.41) is 2.44. The molecule has 1 aromatic carbocycles. The standard InChI is InChI=1S/C11H11F3N2OS/c1-5(2-9(15)18)16-11(17)6-3-7(12)10(14)8(13)4-6/h3-5H,2H2,1H3,(H2,15,18)(H,16,17). The predicted octanol–water partition coefficient (Wildman–Crippen LogP) is 1.90. The third kappa shape index (κ3) is 3.69. The fourth-order valence-electron chi connectivity index (χ4n) is 1.35. The smallest absolute Gasteiger partial charge is 0.251 e. The molecular weight excluding hydrogens is 265 g/mol. The lowest BCUT2D eigenvalue weighted by molar-refractivity contribution is 0.0940. The lowest BCUT2D eigenvalue weighted by atomic mass is 10.1. The Labute approximate surface area is 107 Å². The average molecular weight is 276 g/mol. The van der Waals surface area contributed by atoms with Crippen LogP contribution in [0.25, 0.3) is 0 Å². The van der Waals surface area contributed by atoms with Crippen LogP contribution in [-0.2, 0) is 0 Å². The maximum atomic E-state index is 12.9. The second kappa shape index (κ2) is 5.81. The lowest BCUT2D eigenvalue weighted by Gasteiger charge is -2.13. The van der Waals surface area contributed by atoms with E-state index < -0.39 is 23.4 Å². The van der Waals surface area contributed by atoms with Gasteiger partial charge in [-0.3, -0.25) is 4.79 Å². The minimum absolute atomic E-state index is 0.208. The third-order valence-corrected chi connectivity index (χ3v) is 2.30. The molecule has 0 saturated heterocycles. The van der Waals surface area contributed by atoms with Gasteiger partial charge < -0.3 is 11.1 Å². The van der Waals surface area contributed by atoms with Gasteiger partial charge in [0, 0.05) is 18.0 Å². The number of halogens is 3. The first kappa shape index (κ1) is 14.4. The summed E-state index contributed by atoms with van der Waals surface area (Å²) in [5.74, 6) is -5.16. The average Bonchev–Trinajstić information content (AvgIpc) is 2.23. The van der Waals surface area contributed by atoms with Crippen molar-refractivity contribution in [2.24, 2.45) is 5.73 Å². The van der Waals surface area contributed by atoms with Crippen molar-refractivity contribution in [1.82, 2.24) is 5.32 Å². The van der Waals surface area contributed by atoms with E-state index >= 15 is 0 Å². The van der Waals surface area contributed by atoms with Gasteiger partial charge >= 0.3 is 0 Å². The number of carbonyl (C=O) groups is 1. The molecule has 3 N–H and O–H groups in total. The largest absolute Gasteiger partial charge is 0.393 e. The molecule has 0 saturated carbocycles. The van der Waals surface area contributed by atoms with Gasteiger partial charge in [-0.05, 0) is 19.1 Å². The molecule has 3 nitrogen and oxygen atoms in total. The zero-order valence-electron chi connectivity index (χ0n) is 9.47. The number of thiocarbonyl (C=S) groups is 1. The van der Waals surface area contributed by atoms with Gasteiger partial charge in [-0.1, -0.05) is 12.2 Å². The van der Waals surface area contributed by atoms with Crippen LogP contribution in [0.15, 0.2) is 12.1 Å². The van der Waals surface area contributed by atoms with Crippen LogP contribution >= 0.6 is 12.2 Å². The van der Waals surface area contributed by atoms with E-state index in [4.69, 9.17) is 5.73 Å². The van der Waals surface area contributed by atoms with Crippen LogP contribution in [0.4, 0.5) is 13.2 Å². The number of hydrogen-bond acceptors (Lipinski definition) is 2. The van der Waals surface area contributed by atoms with E-state index in [9.17, 15) is 18.0 Å². The Morgan fingerprint density at radius 3 is 2.33 bits per heavy atom. The van der Waals surface area contributed by atoms with E-state index in [2.05, 4.69) is 17.5 Å². The molecular formula is C11H11F3N2OS. The predicted molar refractivity (Wildman–Crippen MR) is 64.6 cm³/mol. The van der Waals surface area contributed by atoms with Gasteiger partial charge in [-0.25, -0.2) is 13.2 Å². The number of rotatable bonds is 4. The Hall–Kier alpha value is -1.63. The number of nitrogens with two attached hydrogens (primary N) is 1. The summed E-state index contributed by atoms with van der Waals surface area (Å²) in [7, 11) is 0. The highest BCUT2D eigenvalue weighted by atomic mass is 32.1. The van der Waals surface area contributed by atoms with Gasteiger partial charge in [0.15, 0.2) is 17.5 Å². The van der Waals surface area contributed by atoms with Crippen molar-refractivity contribution in [2.75, 3.05) is 0 Å². The number of nitrogens with one attached hydrogen (secondary N) is 1. The number of amides is 1. The first-order valence-corrected chi connectivity index (χ1v) is 5.45. The van der Waals surface area contributed by atoms with Gasteiger partial charge in [-0.2, -0.15) is 0 Å². The van der Waals surface area contributed by atoms with Crippen LogP contribution in [0, 0.1) is 17.5 Å². The van der Waals surface area contributed by atoms with E-state index in [1.54, 1.807) is 6.92 Å². The molecule has 0 aliphatic carbocycles. The Morgan fingerprint density at radius 2 is 1.89 bits per heavy atom. The summed E-state index contributed by atoms with van der Waals surface area (Å²) in [5.41, 5.74) is 4.98. The fourth-order valence-corrected chi connectivity index (χ4v) is 1.60. The zero-order valence-corrected chi connectivity index (χ0v) is 10.3. The van der Waals surface area contributed by atoms with Crippen LogP contribution in [0.1, 0.15) is 23.7 Å². The number of benzene rings is 1. The van der Waals surface area contributed by atoms with Crippen molar-refractivity contribution in [3.05, 3.63) is 35.1 Å². The Kier molecular flexibility index (Phi) is 4.66. The van der Waals surface area contributed by atoms with Crippen LogP contribution in [-0.4, -0.2) is 16.9 Å². The Bertz CT molecular complexity index is 470. The molecule has 0 aromatic heterocycles. The van der Waals surface area contributed by atoms with Crippen LogP contribution in [0.5, 0.6) is 0 Å². The van der Waals surface area contributed by atoms with Crippen molar-refractivity contribution in [1.29, 1.82) is 0 Å². The minimum atomic E-state index is -1.61. The topological polar surface area (TPSA) is 55.1 Å². The van der Waals surface area contributed by atoms with E-state index in [0.29, 0.717) is 12.1 Å². The van der Waals surface area contributed by atoms with Gasteiger partial charge in [0.2, 0.25) is 0 Å². The number of hydrogen-bond donors (Lipinski definition) is 2. The molecule has 0 bridgehead atoms. The molecule has 0 aliphatic heterocycles. The quantitative estimate of drug-likeness (QED) is 0.652. The highest BCUT2D eigenvalue weighted by Crippen LogP contribution is 2.13. The molecule has 0 radical (unpaired) electrons. The highest BCUT2D eigenvalue weighted by molar-refractivity contribution is 7.80. The second-order valence-electron chi connectivity index (χ2n) is 3.80. The summed E-state index contributed by atoms with van der Waals surface area (Å²) in [6.07, 6.45) is 0.257. The maximum absolute atomic E-state index is 12.9. The minimum Gasteiger partial charge on any atom is -0.393 e. The molecule has 0 spiro atoms.